The maximum absolute atomic E-state index is 8.97. The van der Waals surface area contributed by atoms with Crippen LogP contribution in [0.4, 0.5) is 0 Å². The Bertz CT molecular complexity index is 302. The van der Waals surface area contributed by atoms with Crippen molar-refractivity contribution in [3.63, 3.8) is 0 Å². The molecule has 2 unspecified atom stereocenters. The molecule has 0 amide bonds. The van der Waals surface area contributed by atoms with Gasteiger partial charge in [-0.05, 0) is 0 Å². The molecule has 0 bridgehead atoms. The van der Waals surface area contributed by atoms with Crippen LogP contribution in [0.25, 0.3) is 0 Å². The molecule has 0 radical (unpaired) electrons. The first-order valence-electron chi connectivity index (χ1n) is 4.60. The van der Waals surface area contributed by atoms with Crippen molar-refractivity contribution < 1.29 is 5.11 Å². The van der Waals surface area contributed by atoms with Crippen molar-refractivity contribution in [1.29, 1.82) is 0 Å². The van der Waals surface area contributed by atoms with E-state index in [2.05, 4.69) is 11.9 Å². The molecule has 0 saturated carbocycles. The molecule has 1 saturated heterocycles. The third kappa shape index (κ3) is 2.27. The molecule has 14 heavy (non-hydrogen) atoms. The third-order valence-electron chi connectivity index (χ3n) is 2.16. The molecule has 1 N–H and O–H groups in total. The van der Waals surface area contributed by atoms with E-state index < -0.39 is 0 Å². The SMILES string of the molecule is CC1SCCSC1c1ncc(CO)s1. The number of hydrogen-bond donors (Lipinski definition) is 1. The van der Waals surface area contributed by atoms with E-state index in [0.29, 0.717) is 10.5 Å². The molecule has 1 aliphatic rings. The van der Waals surface area contributed by atoms with Gasteiger partial charge in [0.25, 0.3) is 0 Å². The van der Waals surface area contributed by atoms with Gasteiger partial charge in [-0.2, -0.15) is 11.8 Å². The smallest absolute Gasteiger partial charge is 0.107 e. The highest BCUT2D eigenvalue weighted by Crippen LogP contribution is 2.43. The summed E-state index contributed by atoms with van der Waals surface area (Å²) in [5.41, 5.74) is 0. The first-order valence-corrected chi connectivity index (χ1v) is 7.51. The Kier molecular flexibility index (Phi) is 3.76. The largest absolute Gasteiger partial charge is 0.391 e. The fourth-order valence-corrected chi connectivity index (χ4v) is 5.38. The summed E-state index contributed by atoms with van der Waals surface area (Å²) in [6.07, 6.45) is 1.80. The van der Waals surface area contributed by atoms with Gasteiger partial charge in [-0.1, -0.05) is 6.92 Å². The zero-order chi connectivity index (χ0) is 9.97. The lowest BCUT2D eigenvalue weighted by atomic mass is 10.3. The van der Waals surface area contributed by atoms with Gasteiger partial charge in [0.2, 0.25) is 0 Å². The fourth-order valence-electron chi connectivity index (χ4n) is 1.43. The Morgan fingerprint density at radius 3 is 2.93 bits per heavy atom. The quantitative estimate of drug-likeness (QED) is 0.870. The number of aliphatic hydroxyl groups is 1. The minimum absolute atomic E-state index is 0.122. The van der Waals surface area contributed by atoms with E-state index in [1.807, 2.05) is 23.5 Å². The molecule has 1 aromatic heterocycles. The average molecular weight is 247 g/mol. The zero-order valence-electron chi connectivity index (χ0n) is 7.97. The fraction of sp³-hybridized carbons (Fsp3) is 0.667. The molecule has 0 spiro atoms. The summed E-state index contributed by atoms with van der Waals surface area (Å²) in [5.74, 6) is 2.47. The van der Waals surface area contributed by atoms with Gasteiger partial charge in [-0.25, -0.2) is 4.98 Å². The van der Waals surface area contributed by atoms with Crippen molar-refractivity contribution in [3.05, 3.63) is 16.1 Å². The number of thioether (sulfide) groups is 2. The van der Waals surface area contributed by atoms with Gasteiger partial charge in [0, 0.05) is 23.0 Å². The van der Waals surface area contributed by atoms with Crippen LogP contribution < -0.4 is 0 Å². The minimum Gasteiger partial charge on any atom is -0.391 e. The number of aliphatic hydroxyl groups excluding tert-OH is 1. The number of nitrogens with zero attached hydrogens (tertiary/aromatic N) is 1. The van der Waals surface area contributed by atoms with Crippen LogP contribution in [0.1, 0.15) is 22.1 Å². The molecule has 2 nitrogen and oxygen atoms in total. The van der Waals surface area contributed by atoms with Crippen LogP contribution in [0.3, 0.4) is 0 Å². The van der Waals surface area contributed by atoms with Crippen molar-refractivity contribution in [3.8, 4) is 0 Å². The van der Waals surface area contributed by atoms with Crippen LogP contribution in [0, 0.1) is 0 Å². The van der Waals surface area contributed by atoms with Crippen LogP contribution in [-0.4, -0.2) is 26.8 Å². The molecule has 1 aromatic rings. The predicted octanol–water partition coefficient (Wildman–Crippen LogP) is 2.55. The van der Waals surface area contributed by atoms with Crippen LogP contribution in [0.5, 0.6) is 0 Å². The lowest BCUT2D eigenvalue weighted by Crippen LogP contribution is -2.15. The second-order valence-electron chi connectivity index (χ2n) is 3.19. The van der Waals surface area contributed by atoms with E-state index in [1.165, 1.54) is 16.5 Å². The molecule has 0 aliphatic carbocycles. The van der Waals surface area contributed by atoms with E-state index in [1.54, 1.807) is 17.5 Å². The Hall–Kier alpha value is 0.290. The summed E-state index contributed by atoms with van der Waals surface area (Å²) in [5, 5.41) is 11.3. The molecular formula is C9H13NOS3. The highest BCUT2D eigenvalue weighted by molar-refractivity contribution is 8.06. The highest BCUT2D eigenvalue weighted by Gasteiger charge is 2.26. The van der Waals surface area contributed by atoms with Gasteiger partial charge < -0.3 is 5.11 Å². The second-order valence-corrected chi connectivity index (χ2v) is 7.07. The lowest BCUT2D eigenvalue weighted by Gasteiger charge is -2.25. The van der Waals surface area contributed by atoms with Crippen LogP contribution in [0.2, 0.25) is 0 Å². The van der Waals surface area contributed by atoms with E-state index in [-0.39, 0.29) is 6.61 Å². The van der Waals surface area contributed by atoms with E-state index >= 15 is 0 Å². The molecule has 1 fully saturated rings. The third-order valence-corrected chi connectivity index (χ3v) is 6.47. The van der Waals surface area contributed by atoms with Crippen LogP contribution in [0.15, 0.2) is 6.20 Å². The maximum Gasteiger partial charge on any atom is 0.107 e. The van der Waals surface area contributed by atoms with Crippen LogP contribution in [-0.2, 0) is 6.61 Å². The van der Waals surface area contributed by atoms with Crippen molar-refractivity contribution in [2.75, 3.05) is 11.5 Å². The van der Waals surface area contributed by atoms with Gasteiger partial charge in [0.1, 0.15) is 5.01 Å². The molecule has 2 rings (SSSR count). The molecule has 1 aliphatic heterocycles. The molecule has 0 aromatic carbocycles. The molecule has 2 atom stereocenters. The van der Waals surface area contributed by atoms with Crippen molar-refractivity contribution in [2.24, 2.45) is 0 Å². The van der Waals surface area contributed by atoms with E-state index in [9.17, 15) is 0 Å². The normalized spacial score (nSPS) is 27.9. The molecule has 5 heteroatoms. The lowest BCUT2D eigenvalue weighted by molar-refractivity contribution is 0.285. The number of rotatable bonds is 2. The summed E-state index contributed by atoms with van der Waals surface area (Å²) in [7, 11) is 0. The second kappa shape index (κ2) is 4.88. The van der Waals surface area contributed by atoms with Gasteiger partial charge in [-0.3, -0.25) is 0 Å². The minimum atomic E-state index is 0.122. The topological polar surface area (TPSA) is 33.1 Å². The Morgan fingerprint density at radius 1 is 1.50 bits per heavy atom. The van der Waals surface area contributed by atoms with Crippen molar-refractivity contribution in [1.82, 2.24) is 4.98 Å². The molecule has 2 heterocycles. The first kappa shape index (κ1) is 10.8. The van der Waals surface area contributed by atoms with Gasteiger partial charge in [0.15, 0.2) is 0 Å². The summed E-state index contributed by atoms with van der Waals surface area (Å²) < 4.78 is 0. The number of thiazole rings is 1. The maximum atomic E-state index is 8.97. The standard InChI is InChI=1S/C9H13NOS3/c1-6-8(13-3-2-12-6)9-10-4-7(5-11)14-9/h4,6,8,11H,2-3,5H2,1H3. The van der Waals surface area contributed by atoms with E-state index in [0.717, 1.165) is 4.88 Å². The molecule has 78 valence electrons. The van der Waals surface area contributed by atoms with Crippen LogP contribution >= 0.6 is 34.9 Å². The van der Waals surface area contributed by atoms with Crippen molar-refractivity contribution in [2.45, 2.75) is 24.0 Å². The van der Waals surface area contributed by atoms with Gasteiger partial charge in [0.05, 0.1) is 16.7 Å². The Balaban J connectivity index is 2.12. The average Bonchev–Trinajstić information content (AvgIpc) is 2.67. The Labute approximate surface area is 96.5 Å². The Morgan fingerprint density at radius 2 is 2.29 bits per heavy atom. The summed E-state index contributed by atoms with van der Waals surface area (Å²) >= 11 is 5.66. The summed E-state index contributed by atoms with van der Waals surface area (Å²) in [6, 6.07) is 0. The molecular weight excluding hydrogens is 234 g/mol. The first-order chi connectivity index (χ1) is 6.81. The predicted molar refractivity (Wildman–Crippen MR) is 65.2 cm³/mol. The van der Waals surface area contributed by atoms with Gasteiger partial charge in [-0.15, -0.1) is 23.1 Å². The highest BCUT2D eigenvalue weighted by atomic mass is 32.2. The van der Waals surface area contributed by atoms with Crippen molar-refractivity contribution >= 4 is 34.9 Å². The monoisotopic (exact) mass is 247 g/mol. The zero-order valence-corrected chi connectivity index (χ0v) is 10.4. The summed E-state index contributed by atoms with van der Waals surface area (Å²) in [6.45, 7) is 2.39. The number of hydrogen-bond acceptors (Lipinski definition) is 5. The number of aromatic nitrogens is 1. The van der Waals surface area contributed by atoms with E-state index in [4.69, 9.17) is 5.11 Å². The van der Waals surface area contributed by atoms with Gasteiger partial charge >= 0.3 is 0 Å². The summed E-state index contributed by atoms with van der Waals surface area (Å²) in [4.78, 5) is 5.36.